The summed E-state index contributed by atoms with van der Waals surface area (Å²) in [6.45, 7) is 8.20. The highest BCUT2D eigenvalue weighted by molar-refractivity contribution is 4.90. The van der Waals surface area contributed by atoms with Crippen molar-refractivity contribution in [3.05, 3.63) is 0 Å². The predicted molar refractivity (Wildman–Crippen MR) is 89.5 cm³/mol. The van der Waals surface area contributed by atoms with Crippen LogP contribution < -0.4 is 10.6 Å². The average molecular weight is 330 g/mol. The molecule has 0 aliphatic carbocycles. The van der Waals surface area contributed by atoms with Crippen molar-refractivity contribution in [1.82, 2.24) is 10.6 Å². The second-order valence-electron chi connectivity index (χ2n) is 7.11. The minimum Gasteiger partial charge on any atom is -0.391 e. The van der Waals surface area contributed by atoms with E-state index >= 15 is 0 Å². The average Bonchev–Trinajstić information content (AvgIpc) is 2.53. The zero-order valence-electron chi connectivity index (χ0n) is 14.7. The monoisotopic (exact) mass is 330 g/mol. The van der Waals surface area contributed by atoms with E-state index in [0.29, 0.717) is 32.3 Å². The smallest absolute Gasteiger partial charge is 0.0955 e. The van der Waals surface area contributed by atoms with Crippen LogP contribution in [0.1, 0.15) is 46.5 Å². The first kappa shape index (κ1) is 19.1. The normalized spacial score (nSPS) is 38.2. The summed E-state index contributed by atoms with van der Waals surface area (Å²) in [6.07, 6.45) is 2.27. The minimum atomic E-state index is -0.491. The van der Waals surface area contributed by atoms with Crippen LogP contribution >= 0.6 is 0 Å². The second kappa shape index (κ2) is 9.30. The van der Waals surface area contributed by atoms with E-state index in [1.54, 1.807) is 0 Å². The summed E-state index contributed by atoms with van der Waals surface area (Å²) in [5, 5.41) is 27.5. The molecule has 2 aliphatic heterocycles. The lowest BCUT2D eigenvalue weighted by Crippen LogP contribution is -2.56. The third kappa shape index (κ3) is 5.66. The van der Waals surface area contributed by atoms with Gasteiger partial charge in [0.2, 0.25) is 0 Å². The van der Waals surface area contributed by atoms with Gasteiger partial charge in [0.05, 0.1) is 31.0 Å². The van der Waals surface area contributed by atoms with E-state index in [0.717, 1.165) is 19.3 Å². The summed E-state index contributed by atoms with van der Waals surface area (Å²) in [5.74, 6) is 0. The molecule has 6 heteroatoms. The molecule has 0 aromatic heterocycles. The highest BCUT2D eigenvalue weighted by Crippen LogP contribution is 2.20. The van der Waals surface area contributed by atoms with Crippen LogP contribution in [0.15, 0.2) is 0 Å². The molecular formula is C17H34N2O4. The lowest BCUT2D eigenvalue weighted by Gasteiger charge is -2.39. The van der Waals surface area contributed by atoms with E-state index in [9.17, 15) is 10.2 Å². The third-order valence-electron chi connectivity index (χ3n) is 5.07. The Morgan fingerprint density at radius 2 is 1.78 bits per heavy atom. The number of aliphatic hydroxyl groups excluding tert-OH is 2. The predicted octanol–water partition coefficient (Wildman–Crippen LogP) is 0.411. The lowest BCUT2D eigenvalue weighted by molar-refractivity contribution is -0.0995. The molecule has 0 amide bonds. The Hall–Kier alpha value is -0.240. The van der Waals surface area contributed by atoms with Crippen LogP contribution in [0.25, 0.3) is 0 Å². The van der Waals surface area contributed by atoms with Gasteiger partial charge in [0.1, 0.15) is 0 Å². The third-order valence-corrected chi connectivity index (χ3v) is 5.07. The Balaban J connectivity index is 1.80. The zero-order valence-corrected chi connectivity index (χ0v) is 14.7. The van der Waals surface area contributed by atoms with Crippen molar-refractivity contribution < 1.29 is 19.7 Å². The Morgan fingerprint density at radius 1 is 1.04 bits per heavy atom. The van der Waals surface area contributed by atoms with Crippen LogP contribution in [0.3, 0.4) is 0 Å². The molecular weight excluding hydrogens is 296 g/mol. The molecule has 2 fully saturated rings. The number of nitrogens with one attached hydrogen (secondary N) is 2. The molecule has 0 saturated carbocycles. The van der Waals surface area contributed by atoms with Crippen LogP contribution in [-0.4, -0.2) is 72.5 Å². The van der Waals surface area contributed by atoms with Gasteiger partial charge in [-0.1, -0.05) is 6.92 Å². The standard InChI is InChI=1S/C17H34N2O4/c1-4-11(2)18-13-5-8-23-16(17(13)21)9-12(3)19-14-10-22-7-6-15(14)20/h11-21H,4-10H2,1-3H3. The zero-order chi connectivity index (χ0) is 16.8. The van der Waals surface area contributed by atoms with Crippen molar-refractivity contribution >= 4 is 0 Å². The number of hydrogen-bond acceptors (Lipinski definition) is 6. The highest BCUT2D eigenvalue weighted by Gasteiger charge is 2.34. The van der Waals surface area contributed by atoms with Gasteiger partial charge in [0.25, 0.3) is 0 Å². The van der Waals surface area contributed by atoms with Gasteiger partial charge in [-0.3, -0.25) is 0 Å². The molecule has 2 heterocycles. The van der Waals surface area contributed by atoms with Crippen LogP contribution in [-0.2, 0) is 9.47 Å². The first-order chi connectivity index (χ1) is 11.0. The van der Waals surface area contributed by atoms with E-state index in [-0.39, 0.29) is 30.3 Å². The molecule has 4 N–H and O–H groups in total. The molecule has 2 saturated heterocycles. The quantitative estimate of drug-likeness (QED) is 0.541. The summed E-state index contributed by atoms with van der Waals surface area (Å²) in [5.41, 5.74) is 0. The molecule has 0 aromatic carbocycles. The molecule has 2 rings (SSSR count). The number of ether oxygens (including phenoxy) is 2. The van der Waals surface area contributed by atoms with E-state index in [1.165, 1.54) is 0 Å². The Bertz CT molecular complexity index is 345. The molecule has 2 aliphatic rings. The van der Waals surface area contributed by atoms with Gasteiger partial charge < -0.3 is 30.3 Å². The summed E-state index contributed by atoms with van der Waals surface area (Å²) in [4.78, 5) is 0. The lowest BCUT2D eigenvalue weighted by atomic mass is 9.94. The van der Waals surface area contributed by atoms with E-state index in [1.807, 2.05) is 0 Å². The van der Waals surface area contributed by atoms with Crippen molar-refractivity contribution in [2.75, 3.05) is 19.8 Å². The SMILES string of the molecule is CCC(C)NC1CCOC(CC(C)NC2COCCC2O)C1O. The van der Waals surface area contributed by atoms with Gasteiger partial charge in [-0.25, -0.2) is 0 Å². The van der Waals surface area contributed by atoms with Gasteiger partial charge in [-0.05, 0) is 39.5 Å². The maximum absolute atomic E-state index is 10.6. The molecule has 7 unspecified atom stereocenters. The van der Waals surface area contributed by atoms with E-state index < -0.39 is 6.10 Å². The molecule has 0 bridgehead atoms. The molecule has 6 nitrogen and oxygen atoms in total. The first-order valence-electron chi connectivity index (χ1n) is 9.08. The van der Waals surface area contributed by atoms with Crippen LogP contribution in [0, 0.1) is 0 Å². The van der Waals surface area contributed by atoms with Crippen molar-refractivity contribution in [2.24, 2.45) is 0 Å². The number of rotatable bonds is 7. The van der Waals surface area contributed by atoms with Crippen LogP contribution in [0.5, 0.6) is 0 Å². The number of aliphatic hydroxyl groups is 2. The topological polar surface area (TPSA) is 83.0 Å². The fourth-order valence-electron chi connectivity index (χ4n) is 3.42. The summed E-state index contributed by atoms with van der Waals surface area (Å²) >= 11 is 0. The molecule has 0 spiro atoms. The summed E-state index contributed by atoms with van der Waals surface area (Å²) in [6, 6.07) is 0.616. The van der Waals surface area contributed by atoms with Crippen molar-refractivity contribution in [3.8, 4) is 0 Å². The van der Waals surface area contributed by atoms with Crippen LogP contribution in [0.4, 0.5) is 0 Å². The molecule has 0 radical (unpaired) electrons. The molecule has 0 aromatic rings. The number of hydrogen-bond donors (Lipinski definition) is 4. The van der Waals surface area contributed by atoms with Gasteiger partial charge in [-0.15, -0.1) is 0 Å². The van der Waals surface area contributed by atoms with E-state index in [2.05, 4.69) is 31.4 Å². The molecule has 23 heavy (non-hydrogen) atoms. The highest BCUT2D eigenvalue weighted by atomic mass is 16.5. The minimum absolute atomic E-state index is 0.0338. The molecule has 136 valence electrons. The van der Waals surface area contributed by atoms with Gasteiger partial charge in [0.15, 0.2) is 0 Å². The maximum atomic E-state index is 10.6. The Kier molecular flexibility index (Phi) is 7.72. The van der Waals surface area contributed by atoms with Crippen molar-refractivity contribution in [1.29, 1.82) is 0 Å². The van der Waals surface area contributed by atoms with Gasteiger partial charge >= 0.3 is 0 Å². The summed E-state index contributed by atoms with van der Waals surface area (Å²) in [7, 11) is 0. The Labute approximate surface area is 139 Å². The first-order valence-corrected chi connectivity index (χ1v) is 9.08. The largest absolute Gasteiger partial charge is 0.391 e. The van der Waals surface area contributed by atoms with Gasteiger partial charge in [0, 0.05) is 31.3 Å². The van der Waals surface area contributed by atoms with E-state index in [4.69, 9.17) is 9.47 Å². The Morgan fingerprint density at radius 3 is 2.48 bits per heavy atom. The fourth-order valence-corrected chi connectivity index (χ4v) is 3.42. The summed E-state index contributed by atoms with van der Waals surface area (Å²) < 4.78 is 11.2. The second-order valence-corrected chi connectivity index (χ2v) is 7.11. The van der Waals surface area contributed by atoms with Crippen molar-refractivity contribution in [2.45, 2.75) is 88.9 Å². The maximum Gasteiger partial charge on any atom is 0.0955 e. The van der Waals surface area contributed by atoms with Gasteiger partial charge in [-0.2, -0.15) is 0 Å². The van der Waals surface area contributed by atoms with Crippen molar-refractivity contribution in [3.63, 3.8) is 0 Å². The van der Waals surface area contributed by atoms with Crippen LogP contribution in [0.2, 0.25) is 0 Å². The molecule has 7 atom stereocenters. The fraction of sp³-hybridized carbons (Fsp3) is 1.00.